The van der Waals surface area contributed by atoms with Crippen molar-refractivity contribution in [2.45, 2.75) is 19.4 Å². The van der Waals surface area contributed by atoms with Crippen molar-refractivity contribution in [3.8, 4) is 0 Å². The Morgan fingerprint density at radius 2 is 2.12 bits per heavy atom. The van der Waals surface area contributed by atoms with E-state index in [1.165, 1.54) is 30.5 Å². The molecule has 0 fully saturated rings. The lowest BCUT2D eigenvalue weighted by molar-refractivity contribution is 0.0664. The number of hydrogen-bond acceptors (Lipinski definition) is 4. The van der Waals surface area contributed by atoms with Crippen LogP contribution in [-0.2, 0) is 5.60 Å². The average molecular weight is 256 g/mol. The summed E-state index contributed by atoms with van der Waals surface area (Å²) in [5.41, 5.74) is -0.915. The van der Waals surface area contributed by atoms with E-state index in [1.807, 2.05) is 0 Å². The molecule has 0 amide bonds. The van der Waals surface area contributed by atoms with Gasteiger partial charge in [-0.25, -0.2) is 4.79 Å². The topological polar surface area (TPSA) is 87.7 Å². The Balaban J connectivity index is 2.79. The maximum atomic E-state index is 10.9. The second-order valence-electron chi connectivity index (χ2n) is 4.16. The average Bonchev–Trinajstić information content (AvgIpc) is 2.60. The largest absolute Gasteiger partial charge is 0.478 e. The minimum atomic E-state index is -1.24. The number of nitrogens with zero attached hydrogens (tertiary/aromatic N) is 3. The molecule has 0 radical (unpaired) electrons. The predicted octanol–water partition coefficient (Wildman–Crippen LogP) is 1.31. The molecule has 0 bridgehead atoms. The molecule has 0 aliphatic heterocycles. The fourth-order valence-electron chi connectivity index (χ4n) is 1.49. The molecule has 2 aromatic heterocycles. The molecule has 2 heterocycles. The number of aliphatic hydroxyl groups is 1. The molecule has 0 atom stereocenters. The number of rotatable bonds is 2. The molecule has 0 spiro atoms. The van der Waals surface area contributed by atoms with Gasteiger partial charge < -0.3 is 10.2 Å². The zero-order valence-corrected chi connectivity index (χ0v) is 9.93. The molecule has 0 aliphatic rings. The van der Waals surface area contributed by atoms with Gasteiger partial charge in [-0.05, 0) is 19.9 Å². The third kappa shape index (κ3) is 1.96. The first kappa shape index (κ1) is 11.8. The van der Waals surface area contributed by atoms with Crippen molar-refractivity contribution in [2.24, 2.45) is 0 Å². The fraction of sp³-hybridized carbons (Fsp3) is 0.300. The maximum Gasteiger partial charge on any atom is 0.337 e. The van der Waals surface area contributed by atoms with Crippen molar-refractivity contribution >= 4 is 23.2 Å². The van der Waals surface area contributed by atoms with Gasteiger partial charge in [0.05, 0.1) is 10.6 Å². The number of carboxylic acid groups (broad SMARTS) is 1. The lowest BCUT2D eigenvalue weighted by Gasteiger charge is -2.14. The molecule has 0 aliphatic carbocycles. The zero-order valence-electron chi connectivity index (χ0n) is 9.18. The minimum absolute atomic E-state index is 0.00722. The molecule has 7 heteroatoms. The predicted molar refractivity (Wildman–Crippen MR) is 60.2 cm³/mol. The molecule has 6 nitrogen and oxygen atoms in total. The first-order valence-corrected chi connectivity index (χ1v) is 5.19. The SMILES string of the molecule is CC(C)(O)c1nnc2c(Cl)cc(C(=O)O)cn12. The van der Waals surface area contributed by atoms with Crippen LogP contribution in [0.5, 0.6) is 0 Å². The molecule has 0 saturated heterocycles. The first-order chi connectivity index (χ1) is 7.80. The van der Waals surface area contributed by atoms with E-state index >= 15 is 0 Å². The Kier molecular flexibility index (Phi) is 2.56. The van der Waals surface area contributed by atoms with Crippen LogP contribution < -0.4 is 0 Å². The van der Waals surface area contributed by atoms with Gasteiger partial charge in [-0.3, -0.25) is 4.40 Å². The standard InChI is InChI=1S/C10H10ClN3O3/c1-10(2,17)9-13-12-7-6(11)3-5(8(15)16)4-14(7)9/h3-4,17H,1-2H3,(H,15,16). The summed E-state index contributed by atoms with van der Waals surface area (Å²) in [6.45, 7) is 3.07. The van der Waals surface area contributed by atoms with Crippen LogP contribution in [0.3, 0.4) is 0 Å². The maximum absolute atomic E-state index is 10.9. The molecule has 0 saturated carbocycles. The van der Waals surface area contributed by atoms with Crippen molar-refractivity contribution in [1.29, 1.82) is 0 Å². The lowest BCUT2D eigenvalue weighted by Crippen LogP contribution is -2.20. The van der Waals surface area contributed by atoms with Gasteiger partial charge in [-0.1, -0.05) is 11.6 Å². The van der Waals surface area contributed by atoms with E-state index in [9.17, 15) is 9.90 Å². The summed E-state index contributed by atoms with van der Waals surface area (Å²) < 4.78 is 1.38. The summed E-state index contributed by atoms with van der Waals surface area (Å²) in [5, 5.41) is 26.6. The van der Waals surface area contributed by atoms with Crippen LogP contribution >= 0.6 is 11.6 Å². The van der Waals surface area contributed by atoms with E-state index in [1.54, 1.807) is 0 Å². The molecule has 2 N–H and O–H groups in total. The van der Waals surface area contributed by atoms with Crippen LogP contribution in [-0.4, -0.2) is 30.8 Å². The van der Waals surface area contributed by atoms with E-state index < -0.39 is 11.6 Å². The van der Waals surface area contributed by atoms with Gasteiger partial charge in [-0.2, -0.15) is 0 Å². The van der Waals surface area contributed by atoms with E-state index in [4.69, 9.17) is 16.7 Å². The lowest BCUT2D eigenvalue weighted by atomic mass is 10.1. The molecule has 0 aromatic carbocycles. The second-order valence-corrected chi connectivity index (χ2v) is 4.57. The van der Waals surface area contributed by atoms with Crippen LogP contribution in [0.25, 0.3) is 5.65 Å². The van der Waals surface area contributed by atoms with Gasteiger partial charge >= 0.3 is 5.97 Å². The summed E-state index contributed by atoms with van der Waals surface area (Å²) >= 11 is 5.90. The van der Waals surface area contributed by atoms with Gasteiger partial charge in [0.25, 0.3) is 0 Å². The third-order valence-corrected chi connectivity index (χ3v) is 2.53. The van der Waals surface area contributed by atoms with Gasteiger partial charge in [-0.15, -0.1) is 10.2 Å². The fourth-order valence-corrected chi connectivity index (χ4v) is 1.73. The number of hydrogen-bond donors (Lipinski definition) is 2. The summed E-state index contributed by atoms with van der Waals surface area (Å²) in [4.78, 5) is 10.9. The van der Waals surface area contributed by atoms with Crippen LogP contribution in [0.1, 0.15) is 30.0 Å². The monoisotopic (exact) mass is 255 g/mol. The number of carboxylic acids is 1. The minimum Gasteiger partial charge on any atom is -0.478 e. The highest BCUT2D eigenvalue weighted by molar-refractivity contribution is 6.33. The molecule has 2 aromatic rings. The third-order valence-electron chi connectivity index (χ3n) is 2.25. The zero-order chi connectivity index (χ0) is 12.8. The van der Waals surface area contributed by atoms with E-state index in [-0.39, 0.29) is 16.4 Å². The van der Waals surface area contributed by atoms with Crippen molar-refractivity contribution in [2.75, 3.05) is 0 Å². The second kappa shape index (κ2) is 3.68. The number of aromatic nitrogens is 3. The van der Waals surface area contributed by atoms with Crippen molar-refractivity contribution in [3.05, 3.63) is 28.7 Å². The normalized spacial score (nSPS) is 12.0. The van der Waals surface area contributed by atoms with E-state index in [0.29, 0.717) is 5.65 Å². The first-order valence-electron chi connectivity index (χ1n) is 4.81. The summed E-state index contributed by atoms with van der Waals surface area (Å²) in [7, 11) is 0. The number of halogens is 1. The summed E-state index contributed by atoms with van der Waals surface area (Å²) in [5.74, 6) is -0.873. The smallest absolute Gasteiger partial charge is 0.337 e. The molecular formula is C10H10ClN3O3. The summed E-state index contributed by atoms with van der Waals surface area (Å²) in [6.07, 6.45) is 1.33. The van der Waals surface area contributed by atoms with E-state index in [0.717, 1.165) is 0 Å². The van der Waals surface area contributed by atoms with Gasteiger partial charge in [0.15, 0.2) is 11.5 Å². The Labute approximate surface area is 101 Å². The van der Waals surface area contributed by atoms with Gasteiger partial charge in [0.1, 0.15) is 5.60 Å². The van der Waals surface area contributed by atoms with Gasteiger partial charge in [0.2, 0.25) is 0 Å². The Morgan fingerprint density at radius 3 is 2.65 bits per heavy atom. The molecule has 17 heavy (non-hydrogen) atoms. The number of fused-ring (bicyclic) bond motifs is 1. The van der Waals surface area contributed by atoms with Crippen LogP contribution in [0.2, 0.25) is 5.02 Å². The summed E-state index contributed by atoms with van der Waals surface area (Å²) in [6, 6.07) is 1.29. The number of pyridine rings is 1. The molecule has 2 rings (SSSR count). The van der Waals surface area contributed by atoms with Crippen molar-refractivity contribution in [3.63, 3.8) is 0 Å². The Bertz CT molecular complexity index is 601. The number of aromatic carboxylic acids is 1. The highest BCUT2D eigenvalue weighted by Gasteiger charge is 2.24. The highest BCUT2D eigenvalue weighted by atomic mass is 35.5. The molecular weight excluding hydrogens is 246 g/mol. The van der Waals surface area contributed by atoms with E-state index in [2.05, 4.69) is 10.2 Å². The van der Waals surface area contributed by atoms with Crippen LogP contribution in [0.15, 0.2) is 12.3 Å². The molecule has 0 unspecified atom stereocenters. The van der Waals surface area contributed by atoms with Crippen molar-refractivity contribution < 1.29 is 15.0 Å². The Morgan fingerprint density at radius 1 is 1.47 bits per heavy atom. The quantitative estimate of drug-likeness (QED) is 0.845. The molecule has 90 valence electrons. The van der Waals surface area contributed by atoms with Gasteiger partial charge in [0, 0.05) is 6.20 Å². The highest BCUT2D eigenvalue weighted by Crippen LogP contribution is 2.23. The van der Waals surface area contributed by atoms with Crippen LogP contribution in [0.4, 0.5) is 0 Å². The Hall–Kier alpha value is -1.66. The van der Waals surface area contributed by atoms with Crippen LogP contribution in [0, 0.1) is 0 Å². The van der Waals surface area contributed by atoms with Crippen molar-refractivity contribution in [1.82, 2.24) is 14.6 Å². The number of carbonyl (C=O) groups is 1.